The van der Waals surface area contributed by atoms with Crippen molar-refractivity contribution >= 4 is 17.2 Å². The van der Waals surface area contributed by atoms with Crippen LogP contribution in [0.4, 0.5) is 0 Å². The normalized spacial score (nSPS) is 20.1. The van der Waals surface area contributed by atoms with Gasteiger partial charge in [-0.05, 0) is 13.0 Å². The summed E-state index contributed by atoms with van der Waals surface area (Å²) < 4.78 is 0. The van der Waals surface area contributed by atoms with Gasteiger partial charge in [-0.25, -0.2) is 4.98 Å². The van der Waals surface area contributed by atoms with Crippen molar-refractivity contribution in [1.82, 2.24) is 15.2 Å². The summed E-state index contributed by atoms with van der Waals surface area (Å²) in [6.07, 6.45) is 1.03. The molecule has 1 aliphatic heterocycles. The first kappa shape index (κ1) is 13.5. The number of thiazole rings is 1. The van der Waals surface area contributed by atoms with Crippen LogP contribution in [-0.2, 0) is 5.41 Å². The maximum atomic E-state index is 12.5. The number of amides is 1. The van der Waals surface area contributed by atoms with Gasteiger partial charge in [-0.1, -0.05) is 20.8 Å². The molecular formula is C13H21N3OS. The average molecular weight is 267 g/mol. The van der Waals surface area contributed by atoms with Crippen molar-refractivity contribution in [3.05, 3.63) is 16.1 Å². The molecule has 100 valence electrons. The Morgan fingerprint density at radius 3 is 2.83 bits per heavy atom. The molecule has 1 aliphatic rings. The Balaban J connectivity index is 2.21. The third kappa shape index (κ3) is 2.57. The van der Waals surface area contributed by atoms with E-state index in [4.69, 9.17) is 0 Å². The molecule has 1 atom stereocenters. The van der Waals surface area contributed by atoms with Crippen LogP contribution in [0.25, 0.3) is 0 Å². The summed E-state index contributed by atoms with van der Waals surface area (Å²) in [5.41, 5.74) is 2.60. The molecule has 1 N–H and O–H groups in total. The van der Waals surface area contributed by atoms with Gasteiger partial charge in [0.25, 0.3) is 5.91 Å². The van der Waals surface area contributed by atoms with Crippen molar-refractivity contribution in [1.29, 1.82) is 0 Å². The zero-order chi connectivity index (χ0) is 13.3. The molecule has 2 heterocycles. The maximum Gasteiger partial charge on any atom is 0.265 e. The van der Waals surface area contributed by atoms with Crippen LogP contribution in [0.2, 0.25) is 0 Å². The van der Waals surface area contributed by atoms with Crippen molar-refractivity contribution in [2.24, 2.45) is 0 Å². The van der Waals surface area contributed by atoms with Crippen molar-refractivity contribution < 1.29 is 4.79 Å². The number of hydrogen-bond donors (Lipinski definition) is 1. The summed E-state index contributed by atoms with van der Waals surface area (Å²) >= 11 is 1.45. The number of hydrogen-bond acceptors (Lipinski definition) is 4. The summed E-state index contributed by atoms with van der Waals surface area (Å²) in [6.45, 7) is 8.17. The molecule has 4 nitrogen and oxygen atoms in total. The van der Waals surface area contributed by atoms with E-state index in [2.05, 4.69) is 31.1 Å². The lowest BCUT2D eigenvalue weighted by atomic mass is 9.91. The van der Waals surface area contributed by atoms with E-state index in [9.17, 15) is 4.79 Å². The topological polar surface area (TPSA) is 45.2 Å². The Morgan fingerprint density at radius 2 is 2.28 bits per heavy atom. The molecular weight excluding hydrogens is 246 g/mol. The van der Waals surface area contributed by atoms with Crippen molar-refractivity contribution in [2.45, 2.75) is 38.6 Å². The van der Waals surface area contributed by atoms with Crippen LogP contribution in [-0.4, -0.2) is 42.0 Å². The standard InChI is InChI=1S/C13H21N3OS/c1-13(2,3)11-10(18-8-15-11)12(17)16(4)9-5-6-14-7-9/h8-9,14H,5-7H2,1-4H3. The summed E-state index contributed by atoms with van der Waals surface area (Å²) in [4.78, 5) is 19.6. The summed E-state index contributed by atoms with van der Waals surface area (Å²) in [5, 5.41) is 3.29. The molecule has 0 aliphatic carbocycles. The van der Waals surface area contributed by atoms with Gasteiger partial charge in [-0.2, -0.15) is 0 Å². The van der Waals surface area contributed by atoms with Crippen LogP contribution in [0.15, 0.2) is 5.51 Å². The second-order valence-electron chi connectivity index (χ2n) is 5.84. The van der Waals surface area contributed by atoms with E-state index in [0.29, 0.717) is 6.04 Å². The SMILES string of the molecule is CN(C(=O)c1scnc1C(C)(C)C)C1CCNC1. The first-order chi connectivity index (χ1) is 8.41. The highest BCUT2D eigenvalue weighted by atomic mass is 32.1. The third-order valence-electron chi connectivity index (χ3n) is 3.37. The minimum Gasteiger partial charge on any atom is -0.337 e. The van der Waals surface area contributed by atoms with Crippen LogP contribution < -0.4 is 5.32 Å². The van der Waals surface area contributed by atoms with Gasteiger partial charge in [0, 0.05) is 25.0 Å². The second-order valence-corrected chi connectivity index (χ2v) is 6.70. The fraction of sp³-hybridized carbons (Fsp3) is 0.692. The first-order valence-corrected chi connectivity index (χ1v) is 7.21. The largest absolute Gasteiger partial charge is 0.337 e. The van der Waals surface area contributed by atoms with E-state index in [1.54, 1.807) is 5.51 Å². The molecule has 18 heavy (non-hydrogen) atoms. The Hall–Kier alpha value is -0.940. The molecule has 0 saturated carbocycles. The lowest BCUT2D eigenvalue weighted by Crippen LogP contribution is -2.38. The fourth-order valence-electron chi connectivity index (χ4n) is 2.23. The molecule has 5 heteroatoms. The third-order valence-corrected chi connectivity index (χ3v) is 4.19. The molecule has 0 spiro atoms. The zero-order valence-corrected chi connectivity index (χ0v) is 12.3. The van der Waals surface area contributed by atoms with E-state index in [-0.39, 0.29) is 11.3 Å². The maximum absolute atomic E-state index is 12.5. The van der Waals surface area contributed by atoms with Gasteiger partial charge in [-0.15, -0.1) is 11.3 Å². The Morgan fingerprint density at radius 1 is 1.56 bits per heavy atom. The number of nitrogens with one attached hydrogen (secondary N) is 1. The zero-order valence-electron chi connectivity index (χ0n) is 11.5. The fourth-order valence-corrected chi connectivity index (χ4v) is 3.21. The minimum absolute atomic E-state index is 0.0836. The van der Waals surface area contributed by atoms with E-state index < -0.39 is 0 Å². The summed E-state index contributed by atoms with van der Waals surface area (Å²) in [6, 6.07) is 0.312. The highest BCUT2D eigenvalue weighted by molar-refractivity contribution is 7.11. The van der Waals surface area contributed by atoms with Crippen LogP contribution in [0.3, 0.4) is 0 Å². The molecule has 1 unspecified atom stereocenters. The molecule has 1 fully saturated rings. The smallest absolute Gasteiger partial charge is 0.265 e. The molecule has 1 aromatic rings. The minimum atomic E-state index is -0.0836. The van der Waals surface area contributed by atoms with Crippen molar-refractivity contribution in [3.8, 4) is 0 Å². The van der Waals surface area contributed by atoms with Gasteiger partial charge >= 0.3 is 0 Å². The van der Waals surface area contributed by atoms with E-state index in [0.717, 1.165) is 30.1 Å². The molecule has 0 bridgehead atoms. The van der Waals surface area contributed by atoms with E-state index >= 15 is 0 Å². The predicted octanol–water partition coefficient (Wildman–Crippen LogP) is 1.87. The number of likely N-dealkylation sites (N-methyl/N-ethyl adjacent to an activating group) is 1. The summed E-state index contributed by atoms with van der Waals surface area (Å²) in [5.74, 6) is 0.108. The number of aromatic nitrogens is 1. The van der Waals surface area contributed by atoms with Crippen LogP contribution in [0.5, 0.6) is 0 Å². The number of carbonyl (C=O) groups excluding carboxylic acids is 1. The lowest BCUT2D eigenvalue weighted by molar-refractivity contribution is 0.0746. The Bertz CT molecular complexity index is 430. The van der Waals surface area contributed by atoms with Gasteiger partial charge < -0.3 is 10.2 Å². The highest BCUT2D eigenvalue weighted by Gasteiger charge is 2.30. The van der Waals surface area contributed by atoms with E-state index in [1.165, 1.54) is 11.3 Å². The monoisotopic (exact) mass is 267 g/mol. The molecule has 1 saturated heterocycles. The molecule has 1 aromatic heterocycles. The van der Waals surface area contributed by atoms with Gasteiger partial charge in [-0.3, -0.25) is 4.79 Å². The molecule has 1 amide bonds. The Kier molecular flexibility index (Phi) is 3.73. The molecule has 0 aromatic carbocycles. The summed E-state index contributed by atoms with van der Waals surface area (Å²) in [7, 11) is 1.90. The average Bonchev–Trinajstić information content (AvgIpc) is 2.96. The predicted molar refractivity (Wildman–Crippen MR) is 74.2 cm³/mol. The number of rotatable bonds is 2. The van der Waals surface area contributed by atoms with Crippen LogP contribution >= 0.6 is 11.3 Å². The highest BCUT2D eigenvalue weighted by Crippen LogP contribution is 2.28. The lowest BCUT2D eigenvalue weighted by Gasteiger charge is -2.25. The first-order valence-electron chi connectivity index (χ1n) is 6.33. The van der Waals surface area contributed by atoms with Gasteiger partial charge in [0.2, 0.25) is 0 Å². The van der Waals surface area contributed by atoms with Gasteiger partial charge in [0.1, 0.15) is 4.88 Å². The van der Waals surface area contributed by atoms with E-state index in [1.807, 2.05) is 11.9 Å². The van der Waals surface area contributed by atoms with Gasteiger partial charge in [0.05, 0.1) is 11.2 Å². The Labute approximate surface area is 112 Å². The molecule has 2 rings (SSSR count). The van der Waals surface area contributed by atoms with Gasteiger partial charge in [0.15, 0.2) is 0 Å². The molecule has 0 radical (unpaired) electrons. The second kappa shape index (κ2) is 4.97. The van der Waals surface area contributed by atoms with Crippen LogP contribution in [0, 0.1) is 0 Å². The quantitative estimate of drug-likeness (QED) is 0.890. The van der Waals surface area contributed by atoms with Crippen molar-refractivity contribution in [2.75, 3.05) is 20.1 Å². The number of carbonyl (C=O) groups is 1. The number of nitrogens with zero attached hydrogens (tertiary/aromatic N) is 2. The van der Waals surface area contributed by atoms with Crippen LogP contribution in [0.1, 0.15) is 42.6 Å². The van der Waals surface area contributed by atoms with Crippen molar-refractivity contribution in [3.63, 3.8) is 0 Å².